The summed E-state index contributed by atoms with van der Waals surface area (Å²) >= 11 is 0.990. The van der Waals surface area contributed by atoms with Gasteiger partial charge in [-0.15, -0.1) is 0 Å². The zero-order chi connectivity index (χ0) is 23.4. The molecule has 0 radical (unpaired) electrons. The van der Waals surface area contributed by atoms with Crippen molar-refractivity contribution in [1.82, 2.24) is 14.9 Å². The highest BCUT2D eigenvalue weighted by Gasteiger charge is 2.27. The molecule has 2 aromatic heterocycles. The Morgan fingerprint density at radius 3 is 2.52 bits per heavy atom. The van der Waals surface area contributed by atoms with Gasteiger partial charge in [-0.1, -0.05) is 36.4 Å². The molecule has 0 aliphatic carbocycles. The molecule has 1 fully saturated rings. The van der Waals surface area contributed by atoms with Crippen LogP contribution in [-0.2, 0) is 0 Å². The van der Waals surface area contributed by atoms with Gasteiger partial charge in [0.15, 0.2) is 10.8 Å². The van der Waals surface area contributed by atoms with E-state index in [2.05, 4.69) is 55.7 Å². The lowest BCUT2D eigenvalue weighted by Gasteiger charge is -2.40. The highest BCUT2D eigenvalue weighted by Crippen LogP contribution is 2.32. The molecule has 1 atom stereocenters. The first-order chi connectivity index (χ1) is 15.9. The van der Waals surface area contributed by atoms with Crippen molar-refractivity contribution in [3.63, 3.8) is 0 Å². The number of aromatic nitrogens is 2. The summed E-state index contributed by atoms with van der Waals surface area (Å²) in [6.45, 7) is 6.03. The van der Waals surface area contributed by atoms with Gasteiger partial charge in [0.1, 0.15) is 5.82 Å². The van der Waals surface area contributed by atoms with Gasteiger partial charge in [0.2, 0.25) is 5.95 Å². The molecule has 1 aliphatic rings. The standard InChI is InChI=1S/C25H29F2N5S/c1-17-21(16-28-25(24(17)27)33-30-23-11-7-10-22(26)29-23)31(3)20-12-14-32(15-13-20)18(2)19-8-5-4-6-9-19/h4-11,16,18,20H,12-15H2,1-3H3,(H,29,30). The topological polar surface area (TPSA) is 44.3 Å². The van der Waals surface area contributed by atoms with Crippen LogP contribution in [0.15, 0.2) is 59.8 Å². The Morgan fingerprint density at radius 1 is 1.09 bits per heavy atom. The number of hydrogen-bond donors (Lipinski definition) is 1. The monoisotopic (exact) mass is 469 g/mol. The molecule has 0 spiro atoms. The molecular formula is C25H29F2N5S. The Morgan fingerprint density at radius 2 is 1.82 bits per heavy atom. The number of nitrogens with one attached hydrogen (secondary N) is 1. The van der Waals surface area contributed by atoms with Crippen LogP contribution in [-0.4, -0.2) is 41.0 Å². The predicted octanol–water partition coefficient (Wildman–Crippen LogP) is 5.84. The van der Waals surface area contributed by atoms with Crippen LogP contribution in [0.1, 0.15) is 36.9 Å². The third-order valence-corrected chi connectivity index (χ3v) is 7.22. The summed E-state index contributed by atoms with van der Waals surface area (Å²) in [5, 5.41) is 0.210. The number of benzene rings is 1. The molecule has 1 N–H and O–H groups in total. The molecule has 3 aromatic rings. The second kappa shape index (κ2) is 10.5. The normalized spacial score (nSPS) is 15.9. The van der Waals surface area contributed by atoms with Crippen molar-refractivity contribution in [2.75, 3.05) is 29.8 Å². The van der Waals surface area contributed by atoms with Crippen LogP contribution in [0.3, 0.4) is 0 Å². The Kier molecular flexibility index (Phi) is 7.45. The largest absolute Gasteiger partial charge is 0.370 e. The minimum Gasteiger partial charge on any atom is -0.370 e. The van der Waals surface area contributed by atoms with Gasteiger partial charge < -0.3 is 9.62 Å². The molecule has 0 saturated carbocycles. The number of rotatable bonds is 7. The lowest BCUT2D eigenvalue weighted by molar-refractivity contribution is 0.162. The zero-order valence-electron chi connectivity index (χ0n) is 19.1. The first kappa shape index (κ1) is 23.4. The van der Waals surface area contributed by atoms with Gasteiger partial charge in [-0.05, 0) is 44.4 Å². The molecule has 33 heavy (non-hydrogen) atoms. The number of anilines is 2. The fraction of sp³-hybridized carbons (Fsp3) is 0.360. The molecular weight excluding hydrogens is 440 g/mol. The van der Waals surface area contributed by atoms with Crippen molar-refractivity contribution in [2.24, 2.45) is 0 Å². The van der Waals surface area contributed by atoms with Gasteiger partial charge in [0.25, 0.3) is 0 Å². The van der Waals surface area contributed by atoms with Crippen LogP contribution in [0, 0.1) is 18.7 Å². The second-order valence-corrected chi connectivity index (χ2v) is 9.20. The summed E-state index contributed by atoms with van der Waals surface area (Å²) in [7, 11) is 2.02. The van der Waals surface area contributed by atoms with Gasteiger partial charge in [-0.2, -0.15) is 4.39 Å². The number of halogens is 2. The van der Waals surface area contributed by atoms with E-state index in [0.717, 1.165) is 43.6 Å². The molecule has 174 valence electrons. The van der Waals surface area contributed by atoms with Gasteiger partial charge in [0, 0.05) is 49.7 Å². The highest BCUT2D eigenvalue weighted by molar-refractivity contribution is 8.00. The van der Waals surface area contributed by atoms with E-state index in [9.17, 15) is 4.39 Å². The van der Waals surface area contributed by atoms with Gasteiger partial charge >= 0.3 is 0 Å². The molecule has 1 aromatic carbocycles. The Balaban J connectivity index is 1.38. The Labute approximate surface area is 198 Å². The van der Waals surface area contributed by atoms with E-state index in [-0.39, 0.29) is 10.8 Å². The number of nitrogens with zero attached hydrogens (tertiary/aromatic N) is 4. The first-order valence-electron chi connectivity index (χ1n) is 11.2. The van der Waals surface area contributed by atoms with E-state index in [1.165, 1.54) is 11.6 Å². The average molecular weight is 470 g/mol. The average Bonchev–Trinajstić information content (AvgIpc) is 2.85. The molecule has 0 bridgehead atoms. The summed E-state index contributed by atoms with van der Waals surface area (Å²) in [4.78, 5) is 12.7. The third kappa shape index (κ3) is 5.45. The molecule has 1 unspecified atom stereocenters. The SMILES string of the molecule is Cc1c(N(C)C2CCN(C(C)c3ccccc3)CC2)cnc(SNc2cccc(F)n2)c1F. The summed E-state index contributed by atoms with van der Waals surface area (Å²) in [6.07, 6.45) is 3.75. The first-order valence-corrected chi connectivity index (χ1v) is 12.0. The van der Waals surface area contributed by atoms with E-state index in [0.29, 0.717) is 23.5 Å². The molecule has 4 rings (SSSR count). The second-order valence-electron chi connectivity index (χ2n) is 8.40. The van der Waals surface area contributed by atoms with E-state index in [1.54, 1.807) is 25.3 Å². The van der Waals surface area contributed by atoms with Crippen LogP contribution < -0.4 is 9.62 Å². The lowest BCUT2D eigenvalue weighted by Crippen LogP contribution is -2.44. The number of pyridine rings is 2. The van der Waals surface area contributed by atoms with Crippen LogP contribution in [0.25, 0.3) is 0 Å². The summed E-state index contributed by atoms with van der Waals surface area (Å²) < 4.78 is 31.2. The van der Waals surface area contributed by atoms with Crippen molar-refractivity contribution >= 4 is 23.5 Å². The number of piperidine rings is 1. The van der Waals surface area contributed by atoms with Crippen LogP contribution in [0.5, 0.6) is 0 Å². The molecule has 8 heteroatoms. The van der Waals surface area contributed by atoms with Crippen molar-refractivity contribution < 1.29 is 8.78 Å². The molecule has 1 saturated heterocycles. The third-order valence-electron chi connectivity index (χ3n) is 6.43. The minimum absolute atomic E-state index is 0.210. The van der Waals surface area contributed by atoms with Crippen LogP contribution in [0.4, 0.5) is 20.3 Å². The van der Waals surface area contributed by atoms with E-state index in [4.69, 9.17) is 0 Å². The predicted molar refractivity (Wildman–Crippen MR) is 130 cm³/mol. The smallest absolute Gasteiger partial charge is 0.214 e. The Hall–Kier alpha value is -2.71. The maximum absolute atomic E-state index is 15.1. The number of hydrogen-bond acceptors (Lipinski definition) is 6. The van der Waals surface area contributed by atoms with Crippen molar-refractivity contribution in [3.05, 3.63) is 77.6 Å². The van der Waals surface area contributed by atoms with Gasteiger partial charge in [-0.3, -0.25) is 4.90 Å². The molecule has 3 heterocycles. The number of likely N-dealkylation sites (tertiary alicyclic amines) is 1. The van der Waals surface area contributed by atoms with E-state index < -0.39 is 5.95 Å². The molecule has 1 aliphatic heterocycles. The van der Waals surface area contributed by atoms with Crippen LogP contribution in [0.2, 0.25) is 0 Å². The lowest BCUT2D eigenvalue weighted by atomic mass is 9.98. The maximum atomic E-state index is 15.1. The quantitative estimate of drug-likeness (QED) is 0.346. The van der Waals surface area contributed by atoms with Crippen molar-refractivity contribution in [1.29, 1.82) is 0 Å². The van der Waals surface area contributed by atoms with Crippen LogP contribution >= 0.6 is 11.9 Å². The summed E-state index contributed by atoms with van der Waals surface area (Å²) in [5.74, 6) is -0.647. The maximum Gasteiger partial charge on any atom is 0.214 e. The summed E-state index contributed by atoms with van der Waals surface area (Å²) in [5.41, 5.74) is 2.70. The minimum atomic E-state index is -0.591. The molecule has 0 amide bonds. The van der Waals surface area contributed by atoms with Crippen molar-refractivity contribution in [3.8, 4) is 0 Å². The van der Waals surface area contributed by atoms with E-state index in [1.807, 2.05) is 13.1 Å². The summed E-state index contributed by atoms with van der Waals surface area (Å²) in [6, 6.07) is 15.7. The fourth-order valence-corrected chi connectivity index (χ4v) is 5.00. The molecule has 5 nitrogen and oxygen atoms in total. The van der Waals surface area contributed by atoms with Gasteiger partial charge in [0.05, 0.1) is 11.9 Å². The van der Waals surface area contributed by atoms with Gasteiger partial charge in [-0.25, -0.2) is 14.4 Å². The zero-order valence-corrected chi connectivity index (χ0v) is 19.9. The van der Waals surface area contributed by atoms with E-state index >= 15 is 4.39 Å². The Bertz CT molecular complexity index is 1070. The van der Waals surface area contributed by atoms with Crippen molar-refractivity contribution in [2.45, 2.75) is 43.8 Å². The highest BCUT2D eigenvalue weighted by atomic mass is 32.2. The fourth-order valence-electron chi connectivity index (χ4n) is 4.34.